The highest BCUT2D eigenvalue weighted by Gasteiger charge is 2.29. The van der Waals surface area contributed by atoms with E-state index in [2.05, 4.69) is 0 Å². The van der Waals surface area contributed by atoms with Crippen LogP contribution in [0, 0.1) is 0 Å². The summed E-state index contributed by atoms with van der Waals surface area (Å²) in [5.41, 5.74) is -0.700. The molecule has 0 amide bonds. The Bertz CT molecular complexity index is 217. The highest BCUT2D eigenvalue weighted by molar-refractivity contribution is 6.64. The normalized spacial score (nSPS) is 14.1. The first-order valence-electron chi connectivity index (χ1n) is 5.73. The second-order valence-corrected chi connectivity index (χ2v) is 9.51. The Balaban J connectivity index is 3.79. The fraction of sp³-hybridized carbons (Fsp3) is 1.00. The van der Waals surface area contributed by atoms with Crippen LogP contribution in [0.5, 0.6) is 0 Å². The second-order valence-electron chi connectivity index (χ2n) is 6.25. The van der Waals surface area contributed by atoms with Crippen LogP contribution < -0.4 is 0 Å². The van der Waals surface area contributed by atoms with Crippen LogP contribution in [0.2, 0.25) is 13.1 Å². The van der Waals surface area contributed by atoms with Gasteiger partial charge in [0, 0.05) is 0 Å². The first kappa shape index (κ1) is 17.0. The molecular weight excluding hydrogens is 240 g/mol. The molecule has 0 unspecified atom stereocenters. The molecule has 0 aromatic rings. The molecule has 0 heterocycles. The van der Waals surface area contributed by atoms with Crippen molar-refractivity contribution in [2.75, 3.05) is 6.79 Å². The minimum atomic E-state index is -2.34. The van der Waals surface area contributed by atoms with Crippen molar-refractivity contribution in [3.63, 3.8) is 0 Å². The smallest absolute Gasteiger partial charge is 0.366 e. The third kappa shape index (κ3) is 12.3. The standard InChI is InChI=1S/C11H26O5Si/c1-10(2,3)14-12-9-13-17(7,8)16-15-11(4,5)6/h9H2,1-8H3. The van der Waals surface area contributed by atoms with E-state index in [1.807, 2.05) is 54.6 Å². The molecule has 0 aliphatic rings. The molecule has 0 aromatic carbocycles. The summed E-state index contributed by atoms with van der Waals surface area (Å²) in [5, 5.41) is 0. The number of hydrogen-bond acceptors (Lipinski definition) is 5. The van der Waals surface area contributed by atoms with Crippen molar-refractivity contribution in [1.82, 2.24) is 0 Å². The summed E-state index contributed by atoms with van der Waals surface area (Å²) in [6.07, 6.45) is 0. The van der Waals surface area contributed by atoms with Gasteiger partial charge in [-0.3, -0.25) is 4.58 Å². The first-order valence-corrected chi connectivity index (χ1v) is 8.54. The molecule has 0 aromatic heterocycles. The van der Waals surface area contributed by atoms with Crippen LogP contribution in [0.15, 0.2) is 0 Å². The fourth-order valence-corrected chi connectivity index (χ4v) is 1.45. The molecule has 0 rings (SSSR count). The van der Waals surface area contributed by atoms with Crippen LogP contribution in [0.4, 0.5) is 0 Å². The Labute approximate surface area is 105 Å². The molecule has 104 valence electrons. The van der Waals surface area contributed by atoms with Crippen molar-refractivity contribution < 1.29 is 23.7 Å². The monoisotopic (exact) mass is 266 g/mol. The van der Waals surface area contributed by atoms with Gasteiger partial charge in [0.05, 0.1) is 11.2 Å². The van der Waals surface area contributed by atoms with Crippen LogP contribution in [0.3, 0.4) is 0 Å². The quantitative estimate of drug-likeness (QED) is 0.243. The summed E-state index contributed by atoms with van der Waals surface area (Å²) in [6.45, 7) is 15.2. The van der Waals surface area contributed by atoms with Crippen molar-refractivity contribution in [1.29, 1.82) is 0 Å². The Morgan fingerprint density at radius 3 is 1.71 bits per heavy atom. The van der Waals surface area contributed by atoms with Gasteiger partial charge in [-0.15, -0.1) is 0 Å². The van der Waals surface area contributed by atoms with Gasteiger partial charge in [-0.1, -0.05) is 0 Å². The topological polar surface area (TPSA) is 46.2 Å². The van der Waals surface area contributed by atoms with Crippen molar-refractivity contribution in [3.05, 3.63) is 0 Å². The minimum absolute atomic E-state index is 0.0317. The van der Waals surface area contributed by atoms with Crippen molar-refractivity contribution in [2.24, 2.45) is 0 Å². The van der Waals surface area contributed by atoms with E-state index >= 15 is 0 Å². The van der Waals surface area contributed by atoms with Crippen LogP contribution in [-0.4, -0.2) is 26.6 Å². The van der Waals surface area contributed by atoms with Crippen LogP contribution in [0.1, 0.15) is 41.5 Å². The zero-order chi connectivity index (χ0) is 13.7. The lowest BCUT2D eigenvalue weighted by atomic mass is 10.2. The lowest BCUT2D eigenvalue weighted by molar-refractivity contribution is -0.377. The third-order valence-corrected chi connectivity index (χ3v) is 2.55. The van der Waals surface area contributed by atoms with E-state index in [0.717, 1.165) is 0 Å². The first-order chi connectivity index (χ1) is 7.41. The molecule has 0 bridgehead atoms. The molecule has 0 N–H and O–H groups in total. The van der Waals surface area contributed by atoms with Gasteiger partial charge in [0.25, 0.3) is 0 Å². The predicted molar refractivity (Wildman–Crippen MR) is 67.3 cm³/mol. The summed E-state index contributed by atoms with van der Waals surface area (Å²) in [7, 11) is -2.34. The van der Waals surface area contributed by atoms with E-state index in [1.54, 1.807) is 0 Å². The van der Waals surface area contributed by atoms with E-state index in [4.69, 9.17) is 23.7 Å². The lowest BCUT2D eigenvalue weighted by Crippen LogP contribution is -2.39. The summed E-state index contributed by atoms with van der Waals surface area (Å²) < 4.78 is 10.8. The number of rotatable bonds is 6. The van der Waals surface area contributed by atoms with Gasteiger partial charge in [-0.05, 0) is 54.6 Å². The van der Waals surface area contributed by atoms with Crippen LogP contribution in [0.25, 0.3) is 0 Å². The van der Waals surface area contributed by atoms with Gasteiger partial charge < -0.3 is 4.43 Å². The van der Waals surface area contributed by atoms with Gasteiger partial charge in [-0.2, -0.15) is 0 Å². The zero-order valence-electron chi connectivity index (χ0n) is 12.2. The summed E-state index contributed by atoms with van der Waals surface area (Å²) in [5.74, 6) is 0. The second kappa shape index (κ2) is 6.26. The highest BCUT2D eigenvalue weighted by Crippen LogP contribution is 2.15. The molecule has 17 heavy (non-hydrogen) atoms. The average Bonchev–Trinajstić information content (AvgIpc) is 2.07. The zero-order valence-corrected chi connectivity index (χ0v) is 13.2. The molecule has 0 saturated heterocycles. The summed E-state index contributed by atoms with van der Waals surface area (Å²) >= 11 is 0. The molecule has 0 spiro atoms. The molecule has 0 aliphatic heterocycles. The van der Waals surface area contributed by atoms with E-state index in [1.165, 1.54) is 0 Å². The molecule has 0 saturated carbocycles. The molecule has 0 fully saturated rings. The number of hydrogen-bond donors (Lipinski definition) is 0. The minimum Gasteiger partial charge on any atom is -0.366 e. The van der Waals surface area contributed by atoms with Crippen molar-refractivity contribution in [2.45, 2.75) is 65.8 Å². The molecular formula is C11H26O5Si. The Hall–Kier alpha value is 0.0169. The fourth-order valence-electron chi connectivity index (χ4n) is 0.616. The van der Waals surface area contributed by atoms with Gasteiger partial charge in [0.15, 0.2) is 6.79 Å². The summed E-state index contributed by atoms with van der Waals surface area (Å²) in [6, 6.07) is 0. The predicted octanol–water partition coefficient (Wildman–Crippen LogP) is 3.16. The van der Waals surface area contributed by atoms with Gasteiger partial charge >= 0.3 is 8.56 Å². The van der Waals surface area contributed by atoms with E-state index in [0.29, 0.717) is 0 Å². The average molecular weight is 266 g/mol. The van der Waals surface area contributed by atoms with Crippen molar-refractivity contribution in [3.8, 4) is 0 Å². The van der Waals surface area contributed by atoms with Gasteiger partial charge in [0.1, 0.15) is 0 Å². The Morgan fingerprint density at radius 1 is 0.824 bits per heavy atom. The largest absolute Gasteiger partial charge is 0.370 e. The van der Waals surface area contributed by atoms with E-state index in [-0.39, 0.29) is 18.0 Å². The molecule has 0 atom stereocenters. The molecule has 5 nitrogen and oxygen atoms in total. The highest BCUT2D eigenvalue weighted by atomic mass is 28.4. The van der Waals surface area contributed by atoms with Gasteiger partial charge in [0.2, 0.25) is 0 Å². The van der Waals surface area contributed by atoms with E-state index in [9.17, 15) is 0 Å². The van der Waals surface area contributed by atoms with Crippen molar-refractivity contribution >= 4 is 8.56 Å². The lowest BCUT2D eigenvalue weighted by Gasteiger charge is -2.26. The Kier molecular flexibility index (Phi) is 6.27. The summed E-state index contributed by atoms with van der Waals surface area (Å²) in [4.78, 5) is 15.2. The maximum atomic E-state index is 5.46. The maximum absolute atomic E-state index is 5.46. The Morgan fingerprint density at radius 2 is 1.29 bits per heavy atom. The molecule has 0 aliphatic carbocycles. The van der Waals surface area contributed by atoms with E-state index < -0.39 is 8.56 Å². The molecule has 6 heteroatoms. The van der Waals surface area contributed by atoms with Gasteiger partial charge in [-0.25, -0.2) is 14.7 Å². The van der Waals surface area contributed by atoms with Crippen LogP contribution >= 0.6 is 0 Å². The third-order valence-electron chi connectivity index (χ3n) is 1.26. The SMILES string of the molecule is CC(C)(C)OOCO[Si](C)(C)OOC(C)(C)C. The molecule has 0 radical (unpaired) electrons. The van der Waals surface area contributed by atoms with Crippen LogP contribution in [-0.2, 0) is 23.7 Å². The maximum Gasteiger partial charge on any atom is 0.370 e.